The lowest BCUT2D eigenvalue weighted by atomic mass is 9.85. The third kappa shape index (κ3) is 4.94. The highest BCUT2D eigenvalue weighted by molar-refractivity contribution is 4.95. The molecule has 0 radical (unpaired) electrons. The van der Waals surface area contributed by atoms with E-state index in [0.29, 0.717) is 6.04 Å². The van der Waals surface area contributed by atoms with Gasteiger partial charge in [0.1, 0.15) is 0 Å². The Kier molecular flexibility index (Phi) is 5.83. The summed E-state index contributed by atoms with van der Waals surface area (Å²) >= 11 is 0. The summed E-state index contributed by atoms with van der Waals surface area (Å²) in [5, 5.41) is 11.8. The predicted molar refractivity (Wildman–Crippen MR) is 78.0 cm³/mol. The molecule has 0 aromatic carbocycles. The molecule has 0 saturated heterocycles. The van der Waals surface area contributed by atoms with E-state index in [1.165, 1.54) is 44.9 Å². The van der Waals surface area contributed by atoms with Crippen LogP contribution in [-0.2, 0) is 13.5 Å². The molecular formula is C15H28N4. The average Bonchev–Trinajstić information content (AvgIpc) is 2.83. The first-order valence-corrected chi connectivity index (χ1v) is 7.86. The SMILES string of the molecule is CCNC(CCC1CCCCC1)Cc1cn(C)nn1. The van der Waals surface area contributed by atoms with E-state index in [1.54, 1.807) is 4.68 Å². The van der Waals surface area contributed by atoms with Gasteiger partial charge in [-0.2, -0.15) is 0 Å². The first kappa shape index (κ1) is 14.5. The molecule has 1 aromatic rings. The number of nitrogens with one attached hydrogen (secondary N) is 1. The van der Waals surface area contributed by atoms with Gasteiger partial charge in [0, 0.05) is 25.7 Å². The molecule has 4 heteroatoms. The van der Waals surface area contributed by atoms with Crippen molar-refractivity contribution < 1.29 is 0 Å². The lowest BCUT2D eigenvalue weighted by Crippen LogP contribution is -2.31. The van der Waals surface area contributed by atoms with E-state index in [-0.39, 0.29) is 0 Å². The van der Waals surface area contributed by atoms with Crippen molar-refractivity contribution in [3.05, 3.63) is 11.9 Å². The van der Waals surface area contributed by atoms with Crippen molar-refractivity contribution in [3.8, 4) is 0 Å². The lowest BCUT2D eigenvalue weighted by Gasteiger charge is -2.24. The molecular weight excluding hydrogens is 236 g/mol. The van der Waals surface area contributed by atoms with E-state index in [0.717, 1.165) is 24.6 Å². The molecule has 1 aliphatic carbocycles. The number of aromatic nitrogens is 3. The summed E-state index contributed by atoms with van der Waals surface area (Å²) in [7, 11) is 1.93. The summed E-state index contributed by atoms with van der Waals surface area (Å²) in [4.78, 5) is 0. The van der Waals surface area contributed by atoms with Crippen LogP contribution < -0.4 is 5.32 Å². The van der Waals surface area contributed by atoms with Crippen LogP contribution in [0.3, 0.4) is 0 Å². The largest absolute Gasteiger partial charge is 0.314 e. The van der Waals surface area contributed by atoms with Gasteiger partial charge in [-0.1, -0.05) is 44.2 Å². The van der Waals surface area contributed by atoms with Crippen molar-refractivity contribution in [3.63, 3.8) is 0 Å². The van der Waals surface area contributed by atoms with Gasteiger partial charge in [-0.25, -0.2) is 0 Å². The molecule has 2 rings (SSSR count). The molecule has 19 heavy (non-hydrogen) atoms. The van der Waals surface area contributed by atoms with Gasteiger partial charge < -0.3 is 5.32 Å². The number of aryl methyl sites for hydroxylation is 1. The van der Waals surface area contributed by atoms with Gasteiger partial charge in [0.15, 0.2) is 0 Å². The molecule has 1 fully saturated rings. The molecule has 1 aliphatic rings. The topological polar surface area (TPSA) is 42.7 Å². The van der Waals surface area contributed by atoms with Crippen molar-refractivity contribution in [1.82, 2.24) is 20.3 Å². The molecule has 0 amide bonds. The fourth-order valence-electron chi connectivity index (χ4n) is 3.22. The van der Waals surface area contributed by atoms with Crippen LogP contribution >= 0.6 is 0 Å². The maximum atomic E-state index is 4.21. The Balaban J connectivity index is 1.78. The summed E-state index contributed by atoms with van der Waals surface area (Å²) < 4.78 is 1.79. The van der Waals surface area contributed by atoms with E-state index in [4.69, 9.17) is 0 Å². The van der Waals surface area contributed by atoms with Crippen molar-refractivity contribution in [2.75, 3.05) is 6.54 Å². The number of hydrogen-bond donors (Lipinski definition) is 1. The van der Waals surface area contributed by atoms with Crippen molar-refractivity contribution in [2.45, 2.75) is 64.3 Å². The van der Waals surface area contributed by atoms with Gasteiger partial charge in [0.05, 0.1) is 5.69 Å². The summed E-state index contributed by atoms with van der Waals surface area (Å²) in [5.41, 5.74) is 1.11. The van der Waals surface area contributed by atoms with Crippen molar-refractivity contribution in [1.29, 1.82) is 0 Å². The molecule has 4 nitrogen and oxygen atoms in total. The van der Waals surface area contributed by atoms with Crippen molar-refractivity contribution >= 4 is 0 Å². The number of hydrogen-bond acceptors (Lipinski definition) is 3. The van der Waals surface area contributed by atoms with Crippen LogP contribution in [0.15, 0.2) is 6.20 Å². The Morgan fingerprint density at radius 1 is 1.37 bits per heavy atom. The van der Waals surface area contributed by atoms with E-state index >= 15 is 0 Å². The number of nitrogens with zero attached hydrogens (tertiary/aromatic N) is 3. The molecule has 1 heterocycles. The summed E-state index contributed by atoms with van der Waals surface area (Å²) in [6, 6.07) is 0.559. The van der Waals surface area contributed by atoms with Crippen LogP contribution in [0.2, 0.25) is 0 Å². The molecule has 1 saturated carbocycles. The van der Waals surface area contributed by atoms with E-state index in [9.17, 15) is 0 Å². The minimum Gasteiger partial charge on any atom is -0.314 e. The van der Waals surface area contributed by atoms with E-state index in [1.807, 2.05) is 13.2 Å². The van der Waals surface area contributed by atoms with Gasteiger partial charge >= 0.3 is 0 Å². The third-order valence-corrected chi connectivity index (χ3v) is 4.25. The van der Waals surface area contributed by atoms with Crippen LogP contribution in [0.4, 0.5) is 0 Å². The first-order chi connectivity index (χ1) is 9.28. The highest BCUT2D eigenvalue weighted by Gasteiger charge is 2.17. The Labute approximate surface area is 117 Å². The van der Waals surface area contributed by atoms with Crippen LogP contribution in [0.5, 0.6) is 0 Å². The first-order valence-electron chi connectivity index (χ1n) is 7.86. The Hall–Kier alpha value is -0.900. The maximum absolute atomic E-state index is 4.21. The van der Waals surface area contributed by atoms with Gasteiger partial charge in [-0.3, -0.25) is 4.68 Å². The average molecular weight is 264 g/mol. The molecule has 0 aliphatic heterocycles. The lowest BCUT2D eigenvalue weighted by molar-refractivity contribution is 0.313. The second-order valence-electron chi connectivity index (χ2n) is 5.92. The summed E-state index contributed by atoms with van der Waals surface area (Å²) in [6.07, 6.45) is 12.9. The number of likely N-dealkylation sites (N-methyl/N-ethyl adjacent to an activating group) is 1. The molecule has 1 N–H and O–H groups in total. The Bertz CT molecular complexity index is 355. The van der Waals surface area contributed by atoms with E-state index < -0.39 is 0 Å². The molecule has 0 spiro atoms. The quantitative estimate of drug-likeness (QED) is 0.823. The zero-order valence-electron chi connectivity index (χ0n) is 12.4. The molecule has 108 valence electrons. The zero-order chi connectivity index (χ0) is 13.5. The maximum Gasteiger partial charge on any atom is 0.0842 e. The fraction of sp³-hybridized carbons (Fsp3) is 0.867. The minimum atomic E-state index is 0.559. The second kappa shape index (κ2) is 7.63. The van der Waals surface area contributed by atoms with Crippen LogP contribution in [-0.4, -0.2) is 27.6 Å². The fourth-order valence-corrected chi connectivity index (χ4v) is 3.22. The van der Waals surface area contributed by atoms with Gasteiger partial charge in [-0.15, -0.1) is 5.10 Å². The van der Waals surface area contributed by atoms with Crippen molar-refractivity contribution in [2.24, 2.45) is 13.0 Å². The zero-order valence-corrected chi connectivity index (χ0v) is 12.4. The summed E-state index contributed by atoms with van der Waals surface area (Å²) in [6.45, 7) is 3.22. The second-order valence-corrected chi connectivity index (χ2v) is 5.92. The highest BCUT2D eigenvalue weighted by Crippen LogP contribution is 2.28. The predicted octanol–water partition coefficient (Wildman–Crippen LogP) is 2.70. The summed E-state index contributed by atoms with van der Waals surface area (Å²) in [5.74, 6) is 0.969. The molecule has 1 unspecified atom stereocenters. The Morgan fingerprint density at radius 2 is 2.16 bits per heavy atom. The van der Waals surface area contributed by atoms with Crippen LogP contribution in [0.25, 0.3) is 0 Å². The smallest absolute Gasteiger partial charge is 0.0842 e. The Morgan fingerprint density at radius 3 is 2.79 bits per heavy atom. The van der Waals surface area contributed by atoms with E-state index in [2.05, 4.69) is 22.6 Å². The van der Waals surface area contributed by atoms with Crippen LogP contribution in [0, 0.1) is 5.92 Å². The standard InChI is InChI=1S/C15H28N4/c1-3-16-14(11-15-12-19(2)18-17-15)10-9-13-7-5-4-6-8-13/h12-14,16H,3-11H2,1-2H3. The third-order valence-electron chi connectivity index (χ3n) is 4.25. The molecule has 1 aromatic heterocycles. The minimum absolute atomic E-state index is 0.559. The number of rotatable bonds is 7. The van der Waals surface area contributed by atoms with Gasteiger partial charge in [0.25, 0.3) is 0 Å². The van der Waals surface area contributed by atoms with Gasteiger partial charge in [0.2, 0.25) is 0 Å². The molecule has 1 atom stereocenters. The normalized spacial score (nSPS) is 18.6. The van der Waals surface area contributed by atoms with Crippen LogP contribution in [0.1, 0.15) is 57.6 Å². The highest BCUT2D eigenvalue weighted by atomic mass is 15.4. The monoisotopic (exact) mass is 264 g/mol. The van der Waals surface area contributed by atoms with Gasteiger partial charge in [-0.05, 0) is 25.3 Å². The molecule has 0 bridgehead atoms.